The van der Waals surface area contributed by atoms with Gasteiger partial charge in [-0.2, -0.15) is 0 Å². The average Bonchev–Trinajstić information content (AvgIpc) is 2.12. The molecule has 0 spiro atoms. The van der Waals surface area contributed by atoms with Crippen molar-refractivity contribution < 1.29 is 19.0 Å². The monoisotopic (exact) mass is 192 g/mol. The van der Waals surface area contributed by atoms with Gasteiger partial charge in [-0.15, -0.1) is 0 Å². The van der Waals surface area contributed by atoms with Crippen molar-refractivity contribution in [2.24, 2.45) is 5.73 Å². The smallest absolute Gasteiger partial charge is 0.316 e. The molecule has 78 valence electrons. The maximum atomic E-state index is 10.6. The second kappa shape index (κ2) is 5.00. The van der Waals surface area contributed by atoms with E-state index in [4.69, 9.17) is 19.9 Å². The molecular weight excluding hydrogens is 176 g/mol. The molecule has 6 nitrogen and oxygen atoms in total. The molecule has 0 aliphatic carbocycles. The molecule has 2 amide bonds. The van der Waals surface area contributed by atoms with Gasteiger partial charge in [0.2, 0.25) is 0 Å². The molecule has 0 fully saturated rings. The lowest BCUT2D eigenvalue weighted by atomic mass is 10.3. The van der Waals surface area contributed by atoms with Crippen molar-refractivity contribution in [3.63, 3.8) is 0 Å². The molecule has 0 saturated heterocycles. The van der Waals surface area contributed by atoms with E-state index in [-0.39, 0.29) is 0 Å². The molecule has 3 N–H and O–H groups in total. The van der Waals surface area contributed by atoms with Crippen LogP contribution in [0, 0.1) is 0 Å². The van der Waals surface area contributed by atoms with Crippen LogP contribution >= 0.6 is 0 Å². The van der Waals surface area contributed by atoms with Gasteiger partial charge in [0.15, 0.2) is 0 Å². The number of carbonyl (C=O) groups excluding carboxylic acids is 1. The second-order valence-electron chi connectivity index (χ2n) is 2.44. The van der Waals surface area contributed by atoms with Gasteiger partial charge in [-0.25, -0.2) is 4.79 Å². The molecule has 0 aromatic carbocycles. The highest BCUT2D eigenvalue weighted by atomic mass is 16.7. The van der Waals surface area contributed by atoms with E-state index in [2.05, 4.69) is 5.32 Å². The van der Waals surface area contributed by atoms with E-state index >= 15 is 0 Å². The molecule has 13 heavy (non-hydrogen) atoms. The fraction of sp³-hybridized carbons (Fsp3) is 0.857. The number of nitrogens with two attached hydrogens (primary N) is 1. The summed E-state index contributed by atoms with van der Waals surface area (Å²) in [6.45, 7) is 1.68. The summed E-state index contributed by atoms with van der Waals surface area (Å²) >= 11 is 0. The Morgan fingerprint density at radius 1 is 1.38 bits per heavy atom. The molecule has 0 aromatic heterocycles. The Morgan fingerprint density at radius 3 is 2.08 bits per heavy atom. The highest BCUT2D eigenvalue weighted by Crippen LogP contribution is 2.14. The summed E-state index contributed by atoms with van der Waals surface area (Å²) in [5.74, 6) is -1.33. The molecule has 0 bridgehead atoms. The lowest BCUT2D eigenvalue weighted by molar-refractivity contribution is -0.270. The van der Waals surface area contributed by atoms with Gasteiger partial charge in [0.25, 0.3) is 5.91 Å². The van der Waals surface area contributed by atoms with Crippen LogP contribution in [-0.2, 0) is 14.2 Å². The third-order valence-corrected chi connectivity index (χ3v) is 1.79. The maximum Gasteiger partial charge on any atom is 0.316 e. The van der Waals surface area contributed by atoms with E-state index in [1.807, 2.05) is 0 Å². The number of primary amides is 1. The van der Waals surface area contributed by atoms with E-state index in [0.717, 1.165) is 0 Å². The van der Waals surface area contributed by atoms with Crippen LogP contribution in [0.4, 0.5) is 4.79 Å². The Hall–Kier alpha value is -0.850. The Bertz CT molecular complexity index is 170. The standard InChI is InChI=1S/C7H16N2O4/c1-5(11-2)7(12-3,13-4)9-6(8)10/h5H,1-4H3,(H3,8,9,10). The van der Waals surface area contributed by atoms with E-state index < -0.39 is 18.0 Å². The first-order valence-electron chi connectivity index (χ1n) is 3.73. The highest BCUT2D eigenvalue weighted by Gasteiger charge is 2.38. The van der Waals surface area contributed by atoms with Crippen molar-refractivity contribution in [3.8, 4) is 0 Å². The van der Waals surface area contributed by atoms with E-state index in [9.17, 15) is 4.79 Å². The summed E-state index contributed by atoms with van der Waals surface area (Å²) in [5.41, 5.74) is 4.96. The van der Waals surface area contributed by atoms with Crippen molar-refractivity contribution in [3.05, 3.63) is 0 Å². The van der Waals surface area contributed by atoms with Crippen LogP contribution in [0.2, 0.25) is 0 Å². The first kappa shape index (κ1) is 12.2. The van der Waals surface area contributed by atoms with Crippen LogP contribution < -0.4 is 11.1 Å². The number of nitrogens with one attached hydrogen (secondary N) is 1. The van der Waals surface area contributed by atoms with E-state index in [1.165, 1.54) is 21.3 Å². The Kier molecular flexibility index (Phi) is 4.68. The predicted octanol–water partition coefficient (Wildman–Crippen LogP) is -0.364. The molecule has 0 aliphatic rings. The number of methoxy groups -OCH3 is 3. The SMILES string of the molecule is COC(C)C(NC(N)=O)(OC)OC. The lowest BCUT2D eigenvalue weighted by Crippen LogP contribution is -2.60. The molecule has 0 heterocycles. The fourth-order valence-electron chi connectivity index (χ4n) is 0.946. The number of hydrogen-bond donors (Lipinski definition) is 2. The first-order valence-corrected chi connectivity index (χ1v) is 3.73. The molecule has 0 saturated carbocycles. The topological polar surface area (TPSA) is 82.8 Å². The molecule has 1 atom stereocenters. The largest absolute Gasteiger partial charge is 0.374 e. The summed E-state index contributed by atoms with van der Waals surface area (Å²) < 4.78 is 15.0. The van der Waals surface area contributed by atoms with Gasteiger partial charge in [0, 0.05) is 21.3 Å². The number of carbonyl (C=O) groups is 1. The average molecular weight is 192 g/mol. The van der Waals surface area contributed by atoms with Crippen LogP contribution in [0.25, 0.3) is 0 Å². The van der Waals surface area contributed by atoms with Crippen LogP contribution in [0.3, 0.4) is 0 Å². The van der Waals surface area contributed by atoms with Gasteiger partial charge in [0.05, 0.1) is 0 Å². The third kappa shape index (κ3) is 2.83. The third-order valence-electron chi connectivity index (χ3n) is 1.79. The van der Waals surface area contributed by atoms with Crippen LogP contribution in [-0.4, -0.2) is 39.4 Å². The second-order valence-corrected chi connectivity index (χ2v) is 2.44. The zero-order valence-corrected chi connectivity index (χ0v) is 8.29. The zero-order valence-electron chi connectivity index (χ0n) is 8.29. The van der Waals surface area contributed by atoms with Gasteiger partial charge < -0.3 is 19.9 Å². The van der Waals surface area contributed by atoms with Gasteiger partial charge in [0.1, 0.15) is 6.10 Å². The zero-order chi connectivity index (χ0) is 10.5. The number of hydrogen-bond acceptors (Lipinski definition) is 4. The number of ether oxygens (including phenoxy) is 3. The summed E-state index contributed by atoms with van der Waals surface area (Å²) in [6.07, 6.45) is -0.477. The summed E-state index contributed by atoms with van der Waals surface area (Å²) in [7, 11) is 4.24. The summed E-state index contributed by atoms with van der Waals surface area (Å²) in [5, 5.41) is 2.31. The summed E-state index contributed by atoms with van der Waals surface area (Å²) in [6, 6.07) is -0.743. The van der Waals surface area contributed by atoms with Crippen molar-refractivity contribution in [2.75, 3.05) is 21.3 Å². The molecule has 0 rings (SSSR count). The minimum absolute atomic E-state index is 0.477. The molecule has 0 aliphatic heterocycles. The fourth-order valence-corrected chi connectivity index (χ4v) is 0.946. The molecule has 6 heteroatoms. The quantitative estimate of drug-likeness (QED) is 0.582. The minimum atomic E-state index is -1.33. The van der Waals surface area contributed by atoms with Gasteiger partial charge in [-0.05, 0) is 6.92 Å². The van der Waals surface area contributed by atoms with Gasteiger partial charge in [-0.3, -0.25) is 5.32 Å². The normalized spacial score (nSPS) is 13.8. The van der Waals surface area contributed by atoms with Crippen molar-refractivity contribution in [2.45, 2.75) is 18.9 Å². The predicted molar refractivity (Wildman–Crippen MR) is 45.9 cm³/mol. The molecule has 0 aromatic rings. The highest BCUT2D eigenvalue weighted by molar-refractivity contribution is 5.72. The maximum absolute atomic E-state index is 10.6. The number of rotatable bonds is 5. The Morgan fingerprint density at radius 2 is 1.85 bits per heavy atom. The van der Waals surface area contributed by atoms with E-state index in [1.54, 1.807) is 6.92 Å². The van der Waals surface area contributed by atoms with Crippen molar-refractivity contribution in [1.82, 2.24) is 5.32 Å². The van der Waals surface area contributed by atoms with Crippen molar-refractivity contribution >= 4 is 6.03 Å². The Balaban J connectivity index is 4.57. The minimum Gasteiger partial charge on any atom is -0.374 e. The number of amides is 2. The molecular formula is C7H16N2O4. The number of urea groups is 1. The van der Waals surface area contributed by atoms with Crippen molar-refractivity contribution in [1.29, 1.82) is 0 Å². The lowest BCUT2D eigenvalue weighted by Gasteiger charge is -2.34. The molecule has 1 unspecified atom stereocenters. The van der Waals surface area contributed by atoms with Crippen LogP contribution in [0.15, 0.2) is 0 Å². The molecule has 0 radical (unpaired) electrons. The Labute approximate surface area is 77.3 Å². The van der Waals surface area contributed by atoms with Gasteiger partial charge in [-0.1, -0.05) is 0 Å². The summed E-state index contributed by atoms with van der Waals surface area (Å²) in [4.78, 5) is 10.6. The first-order chi connectivity index (χ1) is 6.02. The van der Waals surface area contributed by atoms with Crippen LogP contribution in [0.5, 0.6) is 0 Å². The van der Waals surface area contributed by atoms with Crippen LogP contribution in [0.1, 0.15) is 6.92 Å². The van der Waals surface area contributed by atoms with E-state index in [0.29, 0.717) is 0 Å². The van der Waals surface area contributed by atoms with Gasteiger partial charge >= 0.3 is 6.03 Å².